The number of ether oxygens (including phenoxy) is 2. The molecule has 23 heavy (non-hydrogen) atoms. The monoisotopic (exact) mass is 311 g/mol. The summed E-state index contributed by atoms with van der Waals surface area (Å²) in [7, 11) is 1.63. The Morgan fingerprint density at radius 2 is 1.96 bits per heavy atom. The predicted molar refractivity (Wildman–Crippen MR) is 90.4 cm³/mol. The van der Waals surface area contributed by atoms with Crippen LogP contribution in [-0.4, -0.2) is 19.6 Å². The zero-order chi connectivity index (χ0) is 16.4. The number of fused-ring (bicyclic) bond motifs is 1. The van der Waals surface area contributed by atoms with Crippen molar-refractivity contribution >= 4 is 11.6 Å². The molecule has 2 aromatic carbocycles. The lowest BCUT2D eigenvalue weighted by Crippen LogP contribution is -2.14. The average molecular weight is 311 g/mol. The van der Waals surface area contributed by atoms with Gasteiger partial charge in [-0.05, 0) is 49.6 Å². The van der Waals surface area contributed by atoms with Gasteiger partial charge in [-0.1, -0.05) is 23.8 Å². The summed E-state index contributed by atoms with van der Waals surface area (Å²) in [6.07, 6.45) is 0.644. The highest BCUT2D eigenvalue weighted by molar-refractivity contribution is 6.03. The van der Waals surface area contributed by atoms with E-state index in [0.717, 1.165) is 28.1 Å². The normalized spacial score (nSPS) is 16.0. The van der Waals surface area contributed by atoms with E-state index in [4.69, 9.17) is 9.47 Å². The predicted octanol–water partition coefficient (Wildman–Crippen LogP) is 3.68. The first-order valence-corrected chi connectivity index (χ1v) is 7.83. The molecule has 3 rings (SSSR count). The van der Waals surface area contributed by atoms with E-state index in [9.17, 15) is 4.79 Å². The highest BCUT2D eigenvalue weighted by Gasteiger charge is 2.30. The average Bonchev–Trinajstić information content (AvgIpc) is 2.84. The van der Waals surface area contributed by atoms with Crippen LogP contribution in [0.5, 0.6) is 11.5 Å². The smallest absolute Gasteiger partial charge is 0.232 e. The Morgan fingerprint density at radius 3 is 2.70 bits per heavy atom. The molecule has 0 bridgehead atoms. The lowest BCUT2D eigenvalue weighted by molar-refractivity contribution is -0.117. The number of rotatable bonds is 5. The van der Waals surface area contributed by atoms with Gasteiger partial charge in [0.25, 0.3) is 0 Å². The van der Waals surface area contributed by atoms with Crippen LogP contribution in [0.4, 0.5) is 5.69 Å². The second kappa shape index (κ2) is 6.32. The summed E-state index contributed by atoms with van der Waals surface area (Å²) in [6, 6.07) is 11.9. The maximum absolute atomic E-state index is 12.3. The van der Waals surface area contributed by atoms with Crippen molar-refractivity contribution < 1.29 is 14.3 Å². The van der Waals surface area contributed by atoms with Gasteiger partial charge in [-0.15, -0.1) is 0 Å². The minimum Gasteiger partial charge on any atom is -0.493 e. The fraction of sp³-hybridized carbons (Fsp3) is 0.316. The summed E-state index contributed by atoms with van der Waals surface area (Å²) in [6.45, 7) is 4.57. The lowest BCUT2D eigenvalue weighted by Gasteiger charge is -2.13. The van der Waals surface area contributed by atoms with Crippen LogP contribution in [0.2, 0.25) is 0 Å². The number of hydrogen-bond donors (Lipinski definition) is 1. The molecule has 2 aromatic rings. The zero-order valence-electron chi connectivity index (χ0n) is 13.7. The molecule has 1 unspecified atom stereocenters. The van der Waals surface area contributed by atoms with Crippen molar-refractivity contribution in [3.8, 4) is 11.5 Å². The van der Waals surface area contributed by atoms with Crippen LogP contribution < -0.4 is 14.8 Å². The fourth-order valence-electron chi connectivity index (χ4n) is 3.00. The van der Waals surface area contributed by atoms with E-state index in [-0.39, 0.29) is 11.8 Å². The molecule has 0 saturated heterocycles. The number of methoxy groups -OCH3 is 1. The molecule has 1 aliphatic rings. The van der Waals surface area contributed by atoms with Crippen LogP contribution >= 0.6 is 0 Å². The Labute approximate surface area is 136 Å². The van der Waals surface area contributed by atoms with Gasteiger partial charge < -0.3 is 14.8 Å². The molecular weight excluding hydrogens is 290 g/mol. The molecule has 0 spiro atoms. The molecule has 4 heteroatoms. The molecule has 1 N–H and O–H groups in total. The summed E-state index contributed by atoms with van der Waals surface area (Å²) in [5.41, 5.74) is 4.21. The van der Waals surface area contributed by atoms with E-state index in [1.165, 1.54) is 0 Å². The Morgan fingerprint density at radius 1 is 1.13 bits per heavy atom. The largest absolute Gasteiger partial charge is 0.493 e. The topological polar surface area (TPSA) is 47.6 Å². The fourth-order valence-corrected chi connectivity index (χ4v) is 3.00. The van der Waals surface area contributed by atoms with E-state index in [0.29, 0.717) is 18.8 Å². The zero-order valence-corrected chi connectivity index (χ0v) is 13.7. The van der Waals surface area contributed by atoms with Gasteiger partial charge in [0.15, 0.2) is 11.5 Å². The van der Waals surface area contributed by atoms with Crippen molar-refractivity contribution in [1.82, 2.24) is 0 Å². The molecular formula is C19H21NO3. The molecule has 1 aliphatic heterocycles. The second-order valence-electron chi connectivity index (χ2n) is 5.75. The number of benzene rings is 2. The molecule has 1 amide bonds. The number of aryl methyl sites for hydroxylation is 1. The molecule has 1 atom stereocenters. The Kier molecular flexibility index (Phi) is 4.24. The maximum Gasteiger partial charge on any atom is 0.232 e. The van der Waals surface area contributed by atoms with E-state index < -0.39 is 0 Å². The summed E-state index contributed by atoms with van der Waals surface area (Å²) < 4.78 is 10.9. The molecule has 0 aromatic heterocycles. The first kappa shape index (κ1) is 15.4. The maximum atomic E-state index is 12.3. The second-order valence-corrected chi connectivity index (χ2v) is 5.75. The number of anilines is 1. The SMILES string of the molecule is CCOc1ccc(CC2C(=O)Nc3ccc(C)cc32)cc1OC. The van der Waals surface area contributed by atoms with Gasteiger partial charge >= 0.3 is 0 Å². The number of hydrogen-bond acceptors (Lipinski definition) is 3. The van der Waals surface area contributed by atoms with Crippen molar-refractivity contribution in [2.24, 2.45) is 0 Å². The molecule has 1 heterocycles. The third-order valence-electron chi connectivity index (χ3n) is 4.12. The van der Waals surface area contributed by atoms with Crippen molar-refractivity contribution in [1.29, 1.82) is 0 Å². The lowest BCUT2D eigenvalue weighted by atomic mass is 9.92. The van der Waals surface area contributed by atoms with Crippen LogP contribution in [0, 0.1) is 6.92 Å². The molecule has 120 valence electrons. The van der Waals surface area contributed by atoms with Crippen LogP contribution in [0.15, 0.2) is 36.4 Å². The molecule has 0 fully saturated rings. The van der Waals surface area contributed by atoms with Crippen LogP contribution in [0.1, 0.15) is 29.5 Å². The Bertz CT molecular complexity index is 739. The standard InChI is InChI=1S/C19H21NO3/c1-4-23-17-8-6-13(11-18(17)22-3)10-15-14-9-12(2)5-7-16(14)20-19(15)21/h5-9,11,15H,4,10H2,1-3H3,(H,20,21). The summed E-state index contributed by atoms with van der Waals surface area (Å²) in [5.74, 6) is 1.32. The van der Waals surface area contributed by atoms with Crippen LogP contribution in [0.3, 0.4) is 0 Å². The van der Waals surface area contributed by atoms with E-state index in [2.05, 4.69) is 11.4 Å². The van der Waals surface area contributed by atoms with Gasteiger partial charge in [-0.2, -0.15) is 0 Å². The summed E-state index contributed by atoms with van der Waals surface area (Å²) in [5, 5.41) is 2.96. The van der Waals surface area contributed by atoms with Gasteiger partial charge in [0.1, 0.15) is 0 Å². The first-order chi connectivity index (χ1) is 11.1. The third-order valence-corrected chi connectivity index (χ3v) is 4.12. The highest BCUT2D eigenvalue weighted by Crippen LogP contribution is 2.37. The van der Waals surface area contributed by atoms with E-state index in [1.807, 2.05) is 44.2 Å². The molecule has 0 radical (unpaired) electrons. The van der Waals surface area contributed by atoms with Crippen LogP contribution in [-0.2, 0) is 11.2 Å². The quantitative estimate of drug-likeness (QED) is 0.916. The van der Waals surface area contributed by atoms with Crippen molar-refractivity contribution in [2.45, 2.75) is 26.2 Å². The molecule has 4 nitrogen and oxygen atoms in total. The van der Waals surface area contributed by atoms with Crippen LogP contribution in [0.25, 0.3) is 0 Å². The third kappa shape index (κ3) is 3.02. The van der Waals surface area contributed by atoms with E-state index in [1.54, 1.807) is 7.11 Å². The van der Waals surface area contributed by atoms with Gasteiger partial charge in [-0.3, -0.25) is 4.79 Å². The number of amides is 1. The van der Waals surface area contributed by atoms with Gasteiger partial charge in [0.2, 0.25) is 5.91 Å². The number of nitrogens with one attached hydrogen (secondary N) is 1. The van der Waals surface area contributed by atoms with Gasteiger partial charge in [0, 0.05) is 5.69 Å². The van der Waals surface area contributed by atoms with Gasteiger partial charge in [-0.25, -0.2) is 0 Å². The first-order valence-electron chi connectivity index (χ1n) is 7.83. The molecule has 0 saturated carbocycles. The van der Waals surface area contributed by atoms with Crippen molar-refractivity contribution in [3.63, 3.8) is 0 Å². The minimum atomic E-state index is -0.160. The summed E-state index contributed by atoms with van der Waals surface area (Å²) >= 11 is 0. The minimum absolute atomic E-state index is 0.0541. The molecule has 0 aliphatic carbocycles. The van der Waals surface area contributed by atoms with Crippen molar-refractivity contribution in [3.05, 3.63) is 53.1 Å². The van der Waals surface area contributed by atoms with E-state index >= 15 is 0 Å². The Hall–Kier alpha value is -2.49. The van der Waals surface area contributed by atoms with Crippen molar-refractivity contribution in [2.75, 3.05) is 19.0 Å². The summed E-state index contributed by atoms with van der Waals surface area (Å²) in [4.78, 5) is 12.3. The van der Waals surface area contributed by atoms with Gasteiger partial charge in [0.05, 0.1) is 19.6 Å². The number of carbonyl (C=O) groups excluding carboxylic acids is 1. The number of carbonyl (C=O) groups is 1. The Balaban J connectivity index is 1.88. The highest BCUT2D eigenvalue weighted by atomic mass is 16.5.